The minimum atomic E-state index is 0.00308. The number of nitrogens with one attached hydrogen (secondary N) is 1. The second kappa shape index (κ2) is 10.4. The molecule has 3 rings (SSSR count). The number of nitrogens with zero attached hydrogens (tertiary/aromatic N) is 2. The maximum absolute atomic E-state index is 12.8. The Hall–Kier alpha value is -2.37. The molecule has 0 unspecified atom stereocenters. The zero-order valence-corrected chi connectivity index (χ0v) is 17.5. The number of rotatable bonds is 7. The van der Waals surface area contributed by atoms with Gasteiger partial charge in [-0.05, 0) is 56.4 Å². The van der Waals surface area contributed by atoms with E-state index in [1.165, 1.54) is 0 Å². The highest BCUT2D eigenvalue weighted by molar-refractivity contribution is 5.97. The molecule has 0 aromatic heterocycles. The van der Waals surface area contributed by atoms with Crippen molar-refractivity contribution in [3.05, 3.63) is 29.8 Å². The van der Waals surface area contributed by atoms with Crippen LogP contribution in [0.2, 0.25) is 0 Å². The Bertz CT molecular complexity index is 709. The molecule has 6 heteroatoms. The maximum atomic E-state index is 12.8. The molecule has 158 valence electrons. The number of piperidine rings is 2. The topological polar surface area (TPSA) is 69.7 Å². The van der Waals surface area contributed by atoms with Gasteiger partial charge in [-0.1, -0.05) is 19.8 Å². The van der Waals surface area contributed by atoms with Crippen LogP contribution in [0.5, 0.6) is 0 Å². The fourth-order valence-electron chi connectivity index (χ4n) is 4.12. The van der Waals surface area contributed by atoms with Gasteiger partial charge in [0.15, 0.2) is 0 Å². The summed E-state index contributed by atoms with van der Waals surface area (Å²) in [6.07, 6.45) is 7.31. The van der Waals surface area contributed by atoms with E-state index in [0.717, 1.165) is 50.9 Å². The maximum Gasteiger partial charge on any atom is 0.253 e. The van der Waals surface area contributed by atoms with Crippen molar-refractivity contribution in [1.29, 1.82) is 0 Å². The Balaban J connectivity index is 1.49. The summed E-state index contributed by atoms with van der Waals surface area (Å²) in [4.78, 5) is 40.8. The van der Waals surface area contributed by atoms with Crippen LogP contribution in [0.4, 0.5) is 5.69 Å². The van der Waals surface area contributed by atoms with Gasteiger partial charge >= 0.3 is 0 Å². The van der Waals surface area contributed by atoms with E-state index in [1.54, 1.807) is 0 Å². The predicted octanol–water partition coefficient (Wildman–Crippen LogP) is 3.36. The summed E-state index contributed by atoms with van der Waals surface area (Å²) >= 11 is 0. The van der Waals surface area contributed by atoms with Crippen molar-refractivity contribution < 1.29 is 14.4 Å². The Morgan fingerprint density at radius 2 is 1.76 bits per heavy atom. The normalized spacial score (nSPS) is 18.0. The number of benzene rings is 1. The largest absolute Gasteiger partial charge is 0.356 e. The number of carbonyl (C=O) groups is 3. The molecule has 1 aromatic carbocycles. The van der Waals surface area contributed by atoms with Gasteiger partial charge in [0.25, 0.3) is 5.91 Å². The van der Waals surface area contributed by atoms with Crippen molar-refractivity contribution in [1.82, 2.24) is 10.2 Å². The molecule has 2 aliphatic rings. The molecule has 0 aliphatic carbocycles. The van der Waals surface area contributed by atoms with E-state index < -0.39 is 0 Å². The minimum Gasteiger partial charge on any atom is -0.356 e. The SMILES string of the molecule is CCCCCNC(=O)C1CCN(C(=O)c2ccc(N3CCCCC3=O)cc2)CC1. The van der Waals surface area contributed by atoms with Gasteiger partial charge in [0.2, 0.25) is 11.8 Å². The highest BCUT2D eigenvalue weighted by Crippen LogP contribution is 2.23. The lowest BCUT2D eigenvalue weighted by atomic mass is 9.95. The summed E-state index contributed by atoms with van der Waals surface area (Å²) in [5.74, 6) is 0.297. The number of hydrogen-bond donors (Lipinski definition) is 1. The summed E-state index contributed by atoms with van der Waals surface area (Å²) in [6.45, 7) is 4.86. The summed E-state index contributed by atoms with van der Waals surface area (Å²) in [7, 11) is 0. The summed E-state index contributed by atoms with van der Waals surface area (Å²) in [5, 5.41) is 3.03. The van der Waals surface area contributed by atoms with Gasteiger partial charge in [-0.2, -0.15) is 0 Å². The molecule has 6 nitrogen and oxygen atoms in total. The van der Waals surface area contributed by atoms with Crippen LogP contribution in [0.25, 0.3) is 0 Å². The van der Waals surface area contributed by atoms with Crippen molar-refractivity contribution >= 4 is 23.4 Å². The van der Waals surface area contributed by atoms with Gasteiger partial charge in [-0.3, -0.25) is 14.4 Å². The molecule has 2 aliphatic heterocycles. The third-order valence-corrected chi connectivity index (χ3v) is 5.98. The van der Waals surface area contributed by atoms with Crippen molar-refractivity contribution in [2.75, 3.05) is 31.1 Å². The van der Waals surface area contributed by atoms with E-state index in [2.05, 4.69) is 12.2 Å². The van der Waals surface area contributed by atoms with Gasteiger partial charge < -0.3 is 15.1 Å². The second-order valence-electron chi connectivity index (χ2n) is 8.11. The Morgan fingerprint density at radius 3 is 2.41 bits per heavy atom. The zero-order valence-electron chi connectivity index (χ0n) is 17.5. The van der Waals surface area contributed by atoms with Crippen LogP contribution >= 0.6 is 0 Å². The number of hydrogen-bond acceptors (Lipinski definition) is 3. The summed E-state index contributed by atoms with van der Waals surface area (Å²) in [6, 6.07) is 7.36. The first kappa shape index (κ1) is 21.3. The van der Waals surface area contributed by atoms with Crippen molar-refractivity contribution in [3.63, 3.8) is 0 Å². The Kier molecular flexibility index (Phi) is 7.67. The molecule has 0 radical (unpaired) electrons. The van der Waals surface area contributed by atoms with Crippen LogP contribution in [-0.2, 0) is 9.59 Å². The third-order valence-electron chi connectivity index (χ3n) is 5.98. The summed E-state index contributed by atoms with van der Waals surface area (Å²) < 4.78 is 0. The highest BCUT2D eigenvalue weighted by atomic mass is 16.2. The standard InChI is InChI=1S/C23H33N3O3/c1-2-3-5-14-24-22(28)18-12-16-25(17-13-18)23(29)19-8-10-20(11-9-19)26-15-6-4-7-21(26)27/h8-11,18H,2-7,12-17H2,1H3,(H,24,28). The fourth-order valence-corrected chi connectivity index (χ4v) is 4.12. The molecule has 2 saturated heterocycles. The molecule has 0 atom stereocenters. The third kappa shape index (κ3) is 5.58. The van der Waals surface area contributed by atoms with Crippen LogP contribution in [-0.4, -0.2) is 48.8 Å². The Labute approximate surface area is 173 Å². The van der Waals surface area contributed by atoms with Crippen LogP contribution in [0.3, 0.4) is 0 Å². The first-order chi connectivity index (χ1) is 14.1. The zero-order chi connectivity index (χ0) is 20.6. The quantitative estimate of drug-likeness (QED) is 0.715. The van der Waals surface area contributed by atoms with Crippen LogP contribution in [0, 0.1) is 5.92 Å². The van der Waals surface area contributed by atoms with Crippen LogP contribution in [0.15, 0.2) is 24.3 Å². The lowest BCUT2D eigenvalue weighted by Gasteiger charge is -2.31. The molecule has 1 N–H and O–H groups in total. The molecule has 3 amide bonds. The first-order valence-corrected chi connectivity index (χ1v) is 11.1. The average Bonchev–Trinajstić information content (AvgIpc) is 2.77. The second-order valence-corrected chi connectivity index (χ2v) is 8.11. The van der Waals surface area contributed by atoms with Gasteiger partial charge in [0, 0.05) is 49.8 Å². The number of unbranched alkanes of at least 4 members (excludes halogenated alkanes) is 2. The van der Waals surface area contributed by atoms with Crippen LogP contribution in [0.1, 0.15) is 68.6 Å². The predicted molar refractivity (Wildman–Crippen MR) is 114 cm³/mol. The van der Waals surface area contributed by atoms with E-state index in [0.29, 0.717) is 37.9 Å². The molecular weight excluding hydrogens is 366 g/mol. The van der Waals surface area contributed by atoms with Crippen molar-refractivity contribution in [2.24, 2.45) is 5.92 Å². The lowest BCUT2D eigenvalue weighted by Crippen LogP contribution is -2.43. The van der Waals surface area contributed by atoms with E-state index >= 15 is 0 Å². The van der Waals surface area contributed by atoms with Crippen molar-refractivity contribution in [2.45, 2.75) is 58.3 Å². The molecule has 2 fully saturated rings. The van der Waals surface area contributed by atoms with E-state index in [-0.39, 0.29) is 23.6 Å². The average molecular weight is 400 g/mol. The monoisotopic (exact) mass is 399 g/mol. The molecule has 0 bridgehead atoms. The molecular formula is C23H33N3O3. The van der Waals surface area contributed by atoms with E-state index in [9.17, 15) is 14.4 Å². The smallest absolute Gasteiger partial charge is 0.253 e. The minimum absolute atomic E-state index is 0.00308. The van der Waals surface area contributed by atoms with Crippen LogP contribution < -0.4 is 10.2 Å². The van der Waals surface area contributed by atoms with Gasteiger partial charge in [-0.25, -0.2) is 0 Å². The van der Waals surface area contributed by atoms with Gasteiger partial charge in [0.1, 0.15) is 0 Å². The molecule has 2 heterocycles. The molecule has 0 saturated carbocycles. The molecule has 29 heavy (non-hydrogen) atoms. The van der Waals surface area contributed by atoms with Gasteiger partial charge in [-0.15, -0.1) is 0 Å². The van der Waals surface area contributed by atoms with Gasteiger partial charge in [0.05, 0.1) is 0 Å². The molecule has 1 aromatic rings. The Morgan fingerprint density at radius 1 is 1.03 bits per heavy atom. The van der Waals surface area contributed by atoms with E-state index in [1.807, 2.05) is 34.1 Å². The number of likely N-dealkylation sites (tertiary alicyclic amines) is 1. The number of amides is 3. The van der Waals surface area contributed by atoms with E-state index in [4.69, 9.17) is 0 Å². The number of carbonyl (C=O) groups excluding carboxylic acids is 3. The summed E-state index contributed by atoms with van der Waals surface area (Å²) in [5.41, 5.74) is 1.50. The van der Waals surface area contributed by atoms with Crippen molar-refractivity contribution in [3.8, 4) is 0 Å². The lowest BCUT2D eigenvalue weighted by molar-refractivity contribution is -0.126. The fraction of sp³-hybridized carbons (Fsp3) is 0.609. The number of anilines is 1. The first-order valence-electron chi connectivity index (χ1n) is 11.1. The highest BCUT2D eigenvalue weighted by Gasteiger charge is 2.28. The molecule has 0 spiro atoms.